The van der Waals surface area contributed by atoms with Crippen LogP contribution in [0.2, 0.25) is 0 Å². The molecule has 0 amide bonds. The first-order valence-electron chi connectivity index (χ1n) is 2.54. The molecule has 2 nitrogen and oxygen atoms in total. The molecule has 1 radical (unpaired) electrons. The number of carbonyl (C=O) groups excluding carboxylic acids is 1. The molecule has 1 aliphatic rings. The topological polar surface area (TPSA) is 31.2 Å². The van der Waals surface area contributed by atoms with Crippen molar-refractivity contribution in [2.75, 3.05) is 13.1 Å². The van der Waals surface area contributed by atoms with Crippen molar-refractivity contribution in [3.05, 3.63) is 0 Å². The van der Waals surface area contributed by atoms with E-state index < -0.39 is 0 Å². The van der Waals surface area contributed by atoms with Crippen LogP contribution in [0.25, 0.3) is 0 Å². The van der Waals surface area contributed by atoms with Crippen molar-refractivity contribution in [1.82, 2.24) is 5.32 Å². The van der Waals surface area contributed by atoms with E-state index in [1.807, 2.05) is 0 Å². The lowest BCUT2D eigenvalue weighted by Crippen LogP contribution is -2.23. The zero-order valence-corrected chi connectivity index (χ0v) is 4.18. The first-order chi connectivity index (χ1) is 3.39. The molecule has 2 heteroatoms. The van der Waals surface area contributed by atoms with Crippen molar-refractivity contribution in [3.63, 3.8) is 0 Å². The third-order valence-corrected chi connectivity index (χ3v) is 1.06. The number of rotatable bonds is 0. The lowest BCUT2D eigenvalue weighted by Gasteiger charge is -2.05. The lowest BCUT2D eigenvalue weighted by atomic mass is 10.1. The molecule has 0 saturated carbocycles. The Bertz CT molecular complexity index is 72.1. The number of nitrogens with zero attached hydrogens (tertiary/aromatic N) is 1. The van der Waals surface area contributed by atoms with E-state index in [0.29, 0.717) is 12.3 Å². The quantitative estimate of drug-likeness (QED) is 0.418. The summed E-state index contributed by atoms with van der Waals surface area (Å²) in [7, 11) is 0. The van der Waals surface area contributed by atoms with Crippen molar-refractivity contribution < 1.29 is 4.79 Å². The Morgan fingerprint density at radius 3 is 2.71 bits per heavy atom. The molecule has 1 aliphatic heterocycles. The van der Waals surface area contributed by atoms with Crippen molar-refractivity contribution >= 4 is 5.78 Å². The molecule has 0 unspecified atom stereocenters. The maximum atomic E-state index is 10.4. The van der Waals surface area contributed by atoms with Crippen LogP contribution in [-0.2, 0) is 4.79 Å². The van der Waals surface area contributed by atoms with E-state index >= 15 is 0 Å². The van der Waals surface area contributed by atoms with Gasteiger partial charge in [-0.1, -0.05) is 0 Å². The van der Waals surface area contributed by atoms with Gasteiger partial charge in [-0.05, 0) is 6.42 Å². The van der Waals surface area contributed by atoms with Crippen LogP contribution in [0.5, 0.6) is 0 Å². The SMILES string of the molecule is O=C1CCC[N]C1. The smallest absolute Gasteiger partial charge is 0.148 e. The van der Waals surface area contributed by atoms with Gasteiger partial charge in [-0.25, -0.2) is 5.32 Å². The number of carbonyl (C=O) groups is 1. The van der Waals surface area contributed by atoms with Gasteiger partial charge >= 0.3 is 0 Å². The second kappa shape index (κ2) is 2.07. The second-order valence-corrected chi connectivity index (χ2v) is 1.75. The predicted octanol–water partition coefficient (Wildman–Crippen LogP) is -0.0463. The Kier molecular flexibility index (Phi) is 1.42. The van der Waals surface area contributed by atoms with Crippen LogP contribution >= 0.6 is 0 Å². The van der Waals surface area contributed by atoms with Gasteiger partial charge in [0, 0.05) is 13.0 Å². The minimum Gasteiger partial charge on any atom is -0.298 e. The molecule has 1 heterocycles. The van der Waals surface area contributed by atoms with E-state index in [4.69, 9.17) is 0 Å². The molecule has 0 N–H and O–H groups in total. The van der Waals surface area contributed by atoms with Gasteiger partial charge in [0.15, 0.2) is 0 Å². The molecule has 0 aromatic rings. The maximum Gasteiger partial charge on any atom is 0.148 e. The van der Waals surface area contributed by atoms with Gasteiger partial charge in [-0.15, -0.1) is 0 Å². The first kappa shape index (κ1) is 4.78. The molecule has 0 aliphatic carbocycles. The van der Waals surface area contributed by atoms with Crippen molar-refractivity contribution in [3.8, 4) is 0 Å². The fourth-order valence-electron chi connectivity index (χ4n) is 0.671. The average Bonchev–Trinajstić information content (AvgIpc) is 1.69. The zero-order valence-electron chi connectivity index (χ0n) is 4.18. The fourth-order valence-corrected chi connectivity index (χ4v) is 0.671. The van der Waals surface area contributed by atoms with Crippen LogP contribution in [0.4, 0.5) is 0 Å². The number of piperidine rings is 1. The molecule has 39 valence electrons. The summed E-state index contributed by atoms with van der Waals surface area (Å²) in [4.78, 5) is 10.4. The number of hydrogen-bond acceptors (Lipinski definition) is 1. The summed E-state index contributed by atoms with van der Waals surface area (Å²) in [5.41, 5.74) is 0. The largest absolute Gasteiger partial charge is 0.298 e. The monoisotopic (exact) mass is 98.1 g/mol. The molecule has 7 heavy (non-hydrogen) atoms. The molecule has 1 fully saturated rings. The lowest BCUT2D eigenvalue weighted by molar-refractivity contribution is -0.119. The molecule has 1 rings (SSSR count). The van der Waals surface area contributed by atoms with E-state index in [2.05, 4.69) is 5.32 Å². The van der Waals surface area contributed by atoms with Crippen molar-refractivity contribution in [2.24, 2.45) is 0 Å². The second-order valence-electron chi connectivity index (χ2n) is 1.75. The van der Waals surface area contributed by atoms with Crippen LogP contribution in [0.1, 0.15) is 12.8 Å². The van der Waals surface area contributed by atoms with Gasteiger partial charge in [0.2, 0.25) is 0 Å². The fraction of sp³-hybridized carbons (Fsp3) is 0.800. The minimum atomic E-state index is 0.297. The Hall–Kier alpha value is -0.370. The van der Waals surface area contributed by atoms with Crippen LogP contribution in [-0.4, -0.2) is 18.9 Å². The molecule has 0 bridgehead atoms. The standard InChI is InChI=1S/C5H8NO/c7-5-2-1-3-6-4-5/h1-4H2. The predicted molar refractivity (Wildman–Crippen MR) is 26.1 cm³/mol. The van der Waals surface area contributed by atoms with E-state index in [-0.39, 0.29) is 0 Å². The summed E-state index contributed by atoms with van der Waals surface area (Å²) in [6.45, 7) is 1.37. The number of ketones is 1. The highest BCUT2D eigenvalue weighted by molar-refractivity contribution is 5.80. The zero-order chi connectivity index (χ0) is 5.11. The number of Topliss-reactive ketones (excluding diaryl/α,β-unsaturated/α-hetero) is 1. The highest BCUT2D eigenvalue weighted by atomic mass is 16.1. The molecule has 0 aromatic carbocycles. The van der Waals surface area contributed by atoms with E-state index in [0.717, 1.165) is 19.4 Å². The third-order valence-electron chi connectivity index (χ3n) is 1.06. The van der Waals surface area contributed by atoms with Crippen LogP contribution in [0.15, 0.2) is 0 Å². The Balaban J connectivity index is 2.25. The summed E-state index contributed by atoms with van der Waals surface area (Å²) in [6, 6.07) is 0. The van der Waals surface area contributed by atoms with Gasteiger partial charge in [0.05, 0.1) is 6.54 Å². The first-order valence-corrected chi connectivity index (χ1v) is 2.54. The molecular formula is C5H8NO. The van der Waals surface area contributed by atoms with Gasteiger partial charge in [-0.3, -0.25) is 4.79 Å². The summed E-state index contributed by atoms with van der Waals surface area (Å²) in [5.74, 6) is 0.297. The summed E-state index contributed by atoms with van der Waals surface area (Å²) in [5, 5.41) is 3.91. The summed E-state index contributed by atoms with van der Waals surface area (Å²) >= 11 is 0. The van der Waals surface area contributed by atoms with Crippen molar-refractivity contribution in [1.29, 1.82) is 0 Å². The Morgan fingerprint density at radius 1 is 1.57 bits per heavy atom. The summed E-state index contributed by atoms with van der Waals surface area (Å²) in [6.07, 6.45) is 1.72. The van der Waals surface area contributed by atoms with Crippen LogP contribution in [0.3, 0.4) is 0 Å². The molecule has 0 atom stereocenters. The average molecular weight is 98.1 g/mol. The van der Waals surface area contributed by atoms with E-state index in [9.17, 15) is 4.79 Å². The van der Waals surface area contributed by atoms with Crippen molar-refractivity contribution in [2.45, 2.75) is 12.8 Å². The molecule has 1 saturated heterocycles. The normalized spacial score (nSPS) is 22.6. The molecule has 0 aromatic heterocycles. The molecular weight excluding hydrogens is 90.1 g/mol. The van der Waals surface area contributed by atoms with E-state index in [1.165, 1.54) is 0 Å². The summed E-state index contributed by atoms with van der Waals surface area (Å²) < 4.78 is 0. The highest BCUT2D eigenvalue weighted by Crippen LogP contribution is 1.94. The van der Waals surface area contributed by atoms with Crippen LogP contribution < -0.4 is 5.32 Å². The highest BCUT2D eigenvalue weighted by Gasteiger charge is 2.06. The third kappa shape index (κ3) is 1.27. The molecule has 0 spiro atoms. The van der Waals surface area contributed by atoms with Gasteiger partial charge in [0.25, 0.3) is 0 Å². The Labute approximate surface area is 42.9 Å². The van der Waals surface area contributed by atoms with Crippen LogP contribution in [0, 0.1) is 0 Å². The number of hydrogen-bond donors (Lipinski definition) is 0. The van der Waals surface area contributed by atoms with Gasteiger partial charge < -0.3 is 0 Å². The minimum absolute atomic E-state index is 0.297. The maximum absolute atomic E-state index is 10.4. The Morgan fingerprint density at radius 2 is 2.43 bits per heavy atom. The van der Waals surface area contributed by atoms with Gasteiger partial charge in [0.1, 0.15) is 5.78 Å². The van der Waals surface area contributed by atoms with Gasteiger partial charge in [-0.2, -0.15) is 0 Å². The van der Waals surface area contributed by atoms with E-state index in [1.54, 1.807) is 0 Å².